The maximum absolute atomic E-state index is 5.98. The molecule has 0 spiro atoms. The lowest BCUT2D eigenvalue weighted by Crippen LogP contribution is -2.04. The number of rotatable bonds is 1. The molecule has 2 N–H and O–H groups in total. The minimum atomic E-state index is 0. The van der Waals surface area contributed by atoms with E-state index in [-0.39, 0.29) is 12.4 Å². The number of aryl methyl sites for hydroxylation is 1. The zero-order chi connectivity index (χ0) is 11.0. The van der Waals surface area contributed by atoms with Crippen LogP contribution in [0.1, 0.15) is 5.69 Å². The van der Waals surface area contributed by atoms with Crippen LogP contribution in [0.4, 0.5) is 5.82 Å². The Kier molecular flexibility index (Phi) is 4.02. The molecule has 0 aliphatic rings. The van der Waals surface area contributed by atoms with Crippen LogP contribution in [0.25, 0.3) is 5.82 Å². The predicted octanol–water partition coefficient (Wildman–Crippen LogP) is 2.89. The van der Waals surface area contributed by atoms with Crippen LogP contribution in [0.3, 0.4) is 0 Å². The summed E-state index contributed by atoms with van der Waals surface area (Å²) >= 11 is 11.7. The second kappa shape index (κ2) is 4.91. The van der Waals surface area contributed by atoms with Crippen LogP contribution in [0, 0.1) is 6.92 Å². The van der Waals surface area contributed by atoms with Crippen LogP contribution in [0.5, 0.6) is 0 Å². The van der Waals surface area contributed by atoms with Crippen molar-refractivity contribution in [2.24, 2.45) is 0 Å². The number of aromatic nitrogens is 3. The second-order valence-corrected chi connectivity index (χ2v) is 3.92. The van der Waals surface area contributed by atoms with Crippen molar-refractivity contribution in [1.29, 1.82) is 0 Å². The third-order valence-corrected chi connectivity index (χ3v) is 2.33. The van der Waals surface area contributed by atoms with E-state index in [0.717, 1.165) is 5.69 Å². The molecule has 0 unspecified atom stereocenters. The summed E-state index contributed by atoms with van der Waals surface area (Å²) in [6, 6.07) is 3.34. The Balaban J connectivity index is 0.00000128. The largest absolute Gasteiger partial charge is 0.384 e. The normalized spacial score (nSPS) is 9.94. The van der Waals surface area contributed by atoms with Gasteiger partial charge in [-0.3, -0.25) is 0 Å². The Morgan fingerprint density at radius 2 is 2.00 bits per heavy atom. The molecule has 2 rings (SSSR count). The fourth-order valence-corrected chi connectivity index (χ4v) is 1.71. The van der Waals surface area contributed by atoms with Crippen molar-refractivity contribution in [3.05, 3.63) is 34.1 Å². The molecule has 0 aromatic carbocycles. The molecule has 86 valence electrons. The number of hydrogen-bond acceptors (Lipinski definition) is 3. The van der Waals surface area contributed by atoms with E-state index in [0.29, 0.717) is 21.7 Å². The molecule has 0 radical (unpaired) electrons. The summed E-state index contributed by atoms with van der Waals surface area (Å²) in [5, 5.41) is 5.06. The van der Waals surface area contributed by atoms with Gasteiger partial charge in [0.25, 0.3) is 0 Å². The quantitative estimate of drug-likeness (QED) is 0.873. The summed E-state index contributed by atoms with van der Waals surface area (Å²) in [5.74, 6) is 0.968. The molecule has 16 heavy (non-hydrogen) atoms. The van der Waals surface area contributed by atoms with Crippen LogP contribution in [-0.4, -0.2) is 14.8 Å². The van der Waals surface area contributed by atoms with Gasteiger partial charge in [0.05, 0.1) is 15.7 Å². The van der Waals surface area contributed by atoms with Gasteiger partial charge in [0.1, 0.15) is 5.82 Å². The Bertz CT molecular complexity index is 509. The van der Waals surface area contributed by atoms with Gasteiger partial charge in [-0.15, -0.1) is 12.4 Å². The molecule has 0 aliphatic heterocycles. The van der Waals surface area contributed by atoms with Gasteiger partial charge in [-0.25, -0.2) is 4.98 Å². The van der Waals surface area contributed by atoms with Gasteiger partial charge in [-0.05, 0) is 13.0 Å². The van der Waals surface area contributed by atoms with Crippen molar-refractivity contribution in [3.8, 4) is 5.82 Å². The highest BCUT2D eigenvalue weighted by atomic mass is 35.5. The molecule has 7 heteroatoms. The van der Waals surface area contributed by atoms with Crippen molar-refractivity contribution < 1.29 is 0 Å². The first kappa shape index (κ1) is 13.1. The Morgan fingerprint density at radius 1 is 1.31 bits per heavy atom. The van der Waals surface area contributed by atoms with Crippen LogP contribution < -0.4 is 5.73 Å². The van der Waals surface area contributed by atoms with E-state index in [1.165, 1.54) is 10.9 Å². The van der Waals surface area contributed by atoms with E-state index >= 15 is 0 Å². The minimum absolute atomic E-state index is 0. The zero-order valence-corrected chi connectivity index (χ0v) is 10.6. The highest BCUT2D eigenvalue weighted by Crippen LogP contribution is 2.23. The van der Waals surface area contributed by atoms with Crippen molar-refractivity contribution in [1.82, 2.24) is 14.8 Å². The van der Waals surface area contributed by atoms with Crippen LogP contribution in [0.2, 0.25) is 10.0 Å². The Morgan fingerprint density at radius 3 is 2.50 bits per heavy atom. The molecule has 0 amide bonds. The molecular formula is C9H9Cl3N4. The monoisotopic (exact) mass is 278 g/mol. The first-order valence-corrected chi connectivity index (χ1v) is 4.97. The topological polar surface area (TPSA) is 56.7 Å². The molecule has 0 saturated heterocycles. The molecule has 2 aromatic heterocycles. The summed E-state index contributed by atoms with van der Waals surface area (Å²) in [6.45, 7) is 1.84. The third-order valence-electron chi connectivity index (χ3n) is 1.85. The minimum Gasteiger partial charge on any atom is -0.384 e. The number of nitrogens with zero attached hydrogens (tertiary/aromatic N) is 3. The van der Waals surface area contributed by atoms with Gasteiger partial charge in [0.15, 0.2) is 5.82 Å². The van der Waals surface area contributed by atoms with Gasteiger partial charge < -0.3 is 5.73 Å². The molecule has 4 nitrogen and oxygen atoms in total. The SMILES string of the molecule is Cc1cc(N)n(-c2ncc(Cl)cc2Cl)n1.Cl. The van der Waals surface area contributed by atoms with Crippen LogP contribution in [0.15, 0.2) is 18.3 Å². The molecule has 0 bridgehead atoms. The average molecular weight is 280 g/mol. The summed E-state index contributed by atoms with van der Waals surface area (Å²) in [5.41, 5.74) is 6.56. The molecule has 0 atom stereocenters. The van der Waals surface area contributed by atoms with Gasteiger partial charge in [-0.2, -0.15) is 9.78 Å². The van der Waals surface area contributed by atoms with E-state index < -0.39 is 0 Å². The van der Waals surface area contributed by atoms with E-state index in [1.807, 2.05) is 6.92 Å². The molecule has 0 saturated carbocycles. The maximum atomic E-state index is 5.98. The van der Waals surface area contributed by atoms with E-state index in [2.05, 4.69) is 10.1 Å². The fourth-order valence-electron chi connectivity index (χ4n) is 1.25. The number of nitrogen functional groups attached to an aromatic ring is 1. The van der Waals surface area contributed by atoms with Crippen LogP contribution >= 0.6 is 35.6 Å². The average Bonchev–Trinajstić information content (AvgIpc) is 2.45. The summed E-state index contributed by atoms with van der Waals surface area (Å²) in [6.07, 6.45) is 1.50. The number of anilines is 1. The first-order valence-electron chi connectivity index (χ1n) is 4.21. The summed E-state index contributed by atoms with van der Waals surface area (Å²) in [4.78, 5) is 4.08. The molecule has 0 fully saturated rings. The first-order chi connectivity index (χ1) is 7.08. The number of pyridine rings is 1. The van der Waals surface area contributed by atoms with Crippen molar-refractivity contribution in [3.63, 3.8) is 0 Å². The van der Waals surface area contributed by atoms with Crippen molar-refractivity contribution in [2.75, 3.05) is 5.73 Å². The number of halogens is 3. The van der Waals surface area contributed by atoms with E-state index in [9.17, 15) is 0 Å². The van der Waals surface area contributed by atoms with Gasteiger partial charge in [0.2, 0.25) is 0 Å². The molecule has 2 heterocycles. The number of nitrogens with two attached hydrogens (primary N) is 1. The van der Waals surface area contributed by atoms with Gasteiger partial charge >= 0.3 is 0 Å². The lowest BCUT2D eigenvalue weighted by Gasteiger charge is -2.04. The zero-order valence-electron chi connectivity index (χ0n) is 8.32. The molecule has 2 aromatic rings. The molecular weight excluding hydrogens is 270 g/mol. The smallest absolute Gasteiger partial charge is 0.174 e. The van der Waals surface area contributed by atoms with Gasteiger partial charge in [-0.1, -0.05) is 23.2 Å². The highest BCUT2D eigenvalue weighted by molar-refractivity contribution is 6.35. The lowest BCUT2D eigenvalue weighted by atomic mass is 10.4. The lowest BCUT2D eigenvalue weighted by molar-refractivity contribution is 0.842. The standard InChI is InChI=1S/C9H8Cl2N4.ClH/c1-5-2-8(12)15(14-5)9-7(11)3-6(10)4-13-9;/h2-4H,12H2,1H3;1H. The Labute approximate surface area is 109 Å². The second-order valence-electron chi connectivity index (χ2n) is 3.08. The van der Waals surface area contributed by atoms with E-state index in [4.69, 9.17) is 28.9 Å². The Hall–Kier alpha value is -0.970. The summed E-state index contributed by atoms with van der Waals surface area (Å²) in [7, 11) is 0. The van der Waals surface area contributed by atoms with Crippen molar-refractivity contribution >= 4 is 41.4 Å². The van der Waals surface area contributed by atoms with Gasteiger partial charge in [0, 0.05) is 12.3 Å². The van der Waals surface area contributed by atoms with E-state index in [1.54, 1.807) is 12.1 Å². The van der Waals surface area contributed by atoms with Crippen molar-refractivity contribution in [2.45, 2.75) is 6.92 Å². The summed E-state index contributed by atoms with van der Waals surface area (Å²) < 4.78 is 1.48. The fraction of sp³-hybridized carbons (Fsp3) is 0.111. The maximum Gasteiger partial charge on any atom is 0.174 e. The van der Waals surface area contributed by atoms with Crippen LogP contribution in [-0.2, 0) is 0 Å². The molecule has 0 aliphatic carbocycles. The third kappa shape index (κ3) is 2.40. The predicted molar refractivity (Wildman–Crippen MR) is 67.8 cm³/mol. The number of hydrogen-bond donors (Lipinski definition) is 1. The highest BCUT2D eigenvalue weighted by Gasteiger charge is 2.09.